The Balaban J connectivity index is 0. The average molecular weight is 166 g/mol. The number of rotatable bonds is 1. The van der Waals surface area contributed by atoms with Gasteiger partial charge in [0.1, 0.15) is 0 Å². The summed E-state index contributed by atoms with van der Waals surface area (Å²) < 4.78 is 0. The van der Waals surface area contributed by atoms with Crippen molar-refractivity contribution in [1.82, 2.24) is 5.32 Å². The first-order valence-electron chi connectivity index (χ1n) is 2.55. The monoisotopic (exact) mass is 166 g/mol. The largest absolute Gasteiger partial charge is 0.465 e. The lowest BCUT2D eigenvalue weighted by Gasteiger charge is -1.86. The number of imide groups is 1. The molecule has 0 aliphatic heterocycles. The molecule has 0 unspecified atom stereocenters. The third-order valence-electron chi connectivity index (χ3n) is 0.330. The van der Waals surface area contributed by atoms with Gasteiger partial charge in [-0.3, -0.25) is 0 Å². The van der Waals surface area contributed by atoms with Gasteiger partial charge in [0.05, 0.1) is 13.2 Å². The smallest absolute Gasteiger partial charge is 0.412 e. The van der Waals surface area contributed by atoms with E-state index in [1.807, 2.05) is 0 Å². The van der Waals surface area contributed by atoms with E-state index >= 15 is 0 Å². The number of hydrogen-bond donors (Lipinski definition) is 5. The molecular weight excluding hydrogens is 156 g/mol. The van der Waals surface area contributed by atoms with Crippen molar-refractivity contribution in [3.8, 4) is 0 Å². The molecule has 0 saturated carbocycles. The second kappa shape index (κ2) is 8.66. The molecule has 0 aromatic heterocycles. The van der Waals surface area contributed by atoms with Crippen molar-refractivity contribution in [3.63, 3.8) is 0 Å². The van der Waals surface area contributed by atoms with Gasteiger partial charge in [-0.25, -0.2) is 14.9 Å². The van der Waals surface area contributed by atoms with Crippen molar-refractivity contribution in [3.05, 3.63) is 0 Å². The maximum Gasteiger partial charge on any atom is 0.412 e. The number of aliphatic hydroxyl groups excluding tert-OH is 2. The number of nitrogens with two attached hydrogens (primary N) is 1. The molecule has 0 fully saturated rings. The molecule has 0 aliphatic carbocycles. The summed E-state index contributed by atoms with van der Waals surface area (Å²) in [7, 11) is 0. The van der Waals surface area contributed by atoms with Crippen LogP contribution in [0.25, 0.3) is 0 Å². The van der Waals surface area contributed by atoms with Crippen molar-refractivity contribution in [2.75, 3.05) is 13.2 Å². The predicted molar refractivity (Wildman–Crippen MR) is 34.9 cm³/mol. The number of carbonyl (C=O) groups is 2. The summed E-state index contributed by atoms with van der Waals surface area (Å²) in [4.78, 5) is 18.9. The Morgan fingerprint density at radius 3 is 1.64 bits per heavy atom. The number of primary amides is 1. The van der Waals surface area contributed by atoms with E-state index in [-0.39, 0.29) is 13.2 Å². The summed E-state index contributed by atoms with van der Waals surface area (Å²) in [6, 6.07) is -1.06. The summed E-state index contributed by atoms with van der Waals surface area (Å²) in [5, 5.41) is 24.3. The lowest BCUT2D eigenvalue weighted by molar-refractivity contribution is 0.186. The number of aliphatic hydroxyl groups is 2. The lowest BCUT2D eigenvalue weighted by Crippen LogP contribution is -2.33. The summed E-state index contributed by atoms with van der Waals surface area (Å²) >= 11 is 0. The Morgan fingerprint density at radius 1 is 1.27 bits per heavy atom. The molecule has 7 heteroatoms. The molecule has 0 spiro atoms. The highest BCUT2D eigenvalue weighted by Gasteiger charge is 1.94. The molecule has 7 nitrogen and oxygen atoms in total. The van der Waals surface area contributed by atoms with E-state index in [2.05, 4.69) is 5.73 Å². The number of carbonyl (C=O) groups excluding carboxylic acids is 1. The molecule has 66 valence electrons. The van der Waals surface area contributed by atoms with Gasteiger partial charge in [0.25, 0.3) is 0 Å². The van der Waals surface area contributed by atoms with Crippen LogP contribution in [0.5, 0.6) is 0 Å². The molecule has 0 aliphatic rings. The van der Waals surface area contributed by atoms with Crippen LogP contribution in [0, 0.1) is 0 Å². The summed E-state index contributed by atoms with van der Waals surface area (Å²) in [6.45, 7) is -0.250. The molecule has 11 heavy (non-hydrogen) atoms. The van der Waals surface area contributed by atoms with Crippen LogP contribution in [0.15, 0.2) is 0 Å². The third-order valence-corrected chi connectivity index (χ3v) is 0.330. The Kier molecular flexibility index (Phi) is 9.72. The predicted octanol–water partition coefficient (Wildman–Crippen LogP) is -1.70. The average Bonchev–Trinajstić information content (AvgIpc) is 1.85. The van der Waals surface area contributed by atoms with E-state index in [1.165, 1.54) is 5.32 Å². The SMILES string of the molecule is NC(=O)NC(=O)O.OCCO. The maximum atomic E-state index is 9.54. The van der Waals surface area contributed by atoms with E-state index in [1.54, 1.807) is 0 Å². The second-order valence-electron chi connectivity index (χ2n) is 1.24. The van der Waals surface area contributed by atoms with Crippen LogP contribution >= 0.6 is 0 Å². The maximum absolute atomic E-state index is 9.54. The minimum absolute atomic E-state index is 0.125. The van der Waals surface area contributed by atoms with E-state index in [4.69, 9.17) is 15.3 Å². The van der Waals surface area contributed by atoms with Crippen LogP contribution in [-0.2, 0) is 0 Å². The first kappa shape index (κ1) is 12.3. The Bertz CT molecular complexity index is 112. The lowest BCUT2D eigenvalue weighted by atomic mass is 10.8. The van der Waals surface area contributed by atoms with Crippen LogP contribution in [0.4, 0.5) is 9.59 Å². The Labute approximate surface area is 62.4 Å². The Morgan fingerprint density at radius 2 is 1.64 bits per heavy atom. The molecule has 6 N–H and O–H groups in total. The number of carboxylic acid groups (broad SMARTS) is 1. The fourth-order valence-corrected chi connectivity index (χ4v) is 0.105. The first-order chi connectivity index (χ1) is 5.04. The molecule has 0 radical (unpaired) electrons. The van der Waals surface area contributed by atoms with Crippen molar-refractivity contribution >= 4 is 12.1 Å². The van der Waals surface area contributed by atoms with Gasteiger partial charge in [0.15, 0.2) is 0 Å². The van der Waals surface area contributed by atoms with E-state index < -0.39 is 12.1 Å². The van der Waals surface area contributed by atoms with Gasteiger partial charge in [-0.1, -0.05) is 0 Å². The van der Waals surface area contributed by atoms with Crippen LogP contribution in [0.2, 0.25) is 0 Å². The van der Waals surface area contributed by atoms with Crippen LogP contribution in [-0.4, -0.2) is 40.7 Å². The normalized spacial score (nSPS) is 7.45. The van der Waals surface area contributed by atoms with Crippen LogP contribution in [0.3, 0.4) is 0 Å². The quantitative estimate of drug-likeness (QED) is 0.316. The van der Waals surface area contributed by atoms with Crippen molar-refractivity contribution in [2.45, 2.75) is 0 Å². The topological polar surface area (TPSA) is 133 Å². The zero-order valence-corrected chi connectivity index (χ0v) is 5.65. The number of nitrogens with one attached hydrogen (secondary N) is 1. The molecule has 0 bridgehead atoms. The fraction of sp³-hybridized carbons (Fsp3) is 0.500. The van der Waals surface area contributed by atoms with Gasteiger partial charge in [0.2, 0.25) is 0 Å². The molecule has 0 aromatic carbocycles. The molecule has 3 amide bonds. The number of urea groups is 1. The van der Waals surface area contributed by atoms with Gasteiger partial charge < -0.3 is 21.1 Å². The summed E-state index contributed by atoms with van der Waals surface area (Å²) in [5.74, 6) is 0. The summed E-state index contributed by atoms with van der Waals surface area (Å²) in [6.07, 6.45) is -1.44. The van der Waals surface area contributed by atoms with Gasteiger partial charge in [-0.05, 0) is 0 Å². The molecule has 0 saturated heterocycles. The highest BCUT2D eigenvalue weighted by molar-refractivity contribution is 5.88. The fourth-order valence-electron chi connectivity index (χ4n) is 0.105. The Hall–Kier alpha value is -1.34. The van der Waals surface area contributed by atoms with Crippen molar-refractivity contribution in [1.29, 1.82) is 0 Å². The van der Waals surface area contributed by atoms with Crippen molar-refractivity contribution < 1.29 is 24.9 Å². The van der Waals surface area contributed by atoms with Gasteiger partial charge in [0, 0.05) is 0 Å². The highest BCUT2D eigenvalue weighted by atomic mass is 16.4. The standard InChI is InChI=1S/C2H4N2O3.C2H6O2/c3-1(5)4-2(6)7;3-1-2-4/h(H,6,7)(H3,3,4,5);3-4H,1-2H2. The zero-order valence-electron chi connectivity index (χ0n) is 5.65. The van der Waals surface area contributed by atoms with Crippen LogP contribution in [0.1, 0.15) is 0 Å². The van der Waals surface area contributed by atoms with Gasteiger partial charge >= 0.3 is 12.1 Å². The van der Waals surface area contributed by atoms with E-state index in [0.29, 0.717) is 0 Å². The molecule has 0 aromatic rings. The molecular formula is C4H10N2O5. The number of hydrogen-bond acceptors (Lipinski definition) is 4. The molecule has 0 heterocycles. The molecule has 0 atom stereocenters. The second-order valence-corrected chi connectivity index (χ2v) is 1.24. The zero-order chi connectivity index (χ0) is 9.28. The third kappa shape index (κ3) is 28.7. The highest BCUT2D eigenvalue weighted by Crippen LogP contribution is 1.55. The van der Waals surface area contributed by atoms with Crippen LogP contribution < -0.4 is 11.1 Å². The van der Waals surface area contributed by atoms with E-state index in [9.17, 15) is 9.59 Å². The minimum Gasteiger partial charge on any atom is -0.465 e. The molecule has 0 rings (SSSR count). The minimum atomic E-state index is -1.44. The van der Waals surface area contributed by atoms with E-state index in [0.717, 1.165) is 0 Å². The van der Waals surface area contributed by atoms with Gasteiger partial charge in [-0.15, -0.1) is 0 Å². The van der Waals surface area contributed by atoms with Crippen molar-refractivity contribution in [2.24, 2.45) is 5.73 Å². The van der Waals surface area contributed by atoms with Gasteiger partial charge in [-0.2, -0.15) is 0 Å². The summed E-state index contributed by atoms with van der Waals surface area (Å²) in [5.41, 5.74) is 4.36. The number of amides is 3. The first-order valence-corrected chi connectivity index (χ1v) is 2.55.